The summed E-state index contributed by atoms with van der Waals surface area (Å²) in [5, 5.41) is 13.0. The van der Waals surface area contributed by atoms with Gasteiger partial charge in [-0.3, -0.25) is 0 Å². The second-order valence-electron chi connectivity index (χ2n) is 4.01. The third kappa shape index (κ3) is 1.91. The normalized spacial score (nSPS) is 22.2. The van der Waals surface area contributed by atoms with E-state index in [4.69, 9.17) is 20.4 Å². The summed E-state index contributed by atoms with van der Waals surface area (Å²) in [5.74, 6) is -0.489. The Kier molecular flexibility index (Phi) is 3.20. The van der Waals surface area contributed by atoms with Gasteiger partial charge in [0.1, 0.15) is 5.75 Å². The van der Waals surface area contributed by atoms with Gasteiger partial charge in [-0.2, -0.15) is 0 Å². The van der Waals surface area contributed by atoms with Gasteiger partial charge in [-0.15, -0.1) is 0 Å². The number of ether oxygens (including phenoxy) is 1. The Balaban J connectivity index is 2.30. The molecule has 1 aromatic carbocycles. The van der Waals surface area contributed by atoms with E-state index < -0.39 is 11.6 Å². The van der Waals surface area contributed by atoms with Gasteiger partial charge in [0, 0.05) is 18.5 Å². The molecule has 1 aromatic rings. The summed E-state index contributed by atoms with van der Waals surface area (Å²) in [7, 11) is 1.54. The van der Waals surface area contributed by atoms with Crippen molar-refractivity contribution in [2.45, 2.75) is 12.0 Å². The molecule has 2 rings (SSSR count). The van der Waals surface area contributed by atoms with Crippen LogP contribution in [-0.4, -0.2) is 36.0 Å². The summed E-state index contributed by atoms with van der Waals surface area (Å²) in [6, 6.07) is 7.23. The molecule has 1 aliphatic rings. The molecule has 0 aromatic heterocycles. The first-order chi connectivity index (χ1) is 8.63. The van der Waals surface area contributed by atoms with E-state index >= 15 is 0 Å². The van der Waals surface area contributed by atoms with Crippen molar-refractivity contribution in [2.75, 3.05) is 13.7 Å². The van der Waals surface area contributed by atoms with Crippen molar-refractivity contribution in [1.29, 1.82) is 0 Å². The number of benzene rings is 1. The van der Waals surface area contributed by atoms with Gasteiger partial charge < -0.3 is 20.4 Å². The van der Waals surface area contributed by atoms with Gasteiger partial charge in [0.05, 0.1) is 12.8 Å². The highest BCUT2D eigenvalue weighted by Crippen LogP contribution is 2.30. The first-order valence-corrected chi connectivity index (χ1v) is 5.45. The van der Waals surface area contributed by atoms with Crippen molar-refractivity contribution < 1.29 is 19.5 Å². The summed E-state index contributed by atoms with van der Waals surface area (Å²) < 4.78 is 5.20. The van der Waals surface area contributed by atoms with Crippen LogP contribution in [0.5, 0.6) is 5.75 Å². The van der Waals surface area contributed by atoms with Gasteiger partial charge in [-0.1, -0.05) is 17.3 Å². The molecule has 0 radical (unpaired) electrons. The Bertz CT molecular complexity index is 501. The quantitative estimate of drug-likeness (QED) is 0.816. The molecule has 0 saturated heterocycles. The van der Waals surface area contributed by atoms with Gasteiger partial charge >= 0.3 is 5.97 Å². The Hall–Kier alpha value is -2.08. The van der Waals surface area contributed by atoms with E-state index in [1.807, 2.05) is 12.1 Å². The zero-order valence-corrected chi connectivity index (χ0v) is 9.92. The first-order valence-electron chi connectivity index (χ1n) is 5.45. The van der Waals surface area contributed by atoms with Crippen LogP contribution < -0.4 is 10.5 Å². The second-order valence-corrected chi connectivity index (χ2v) is 4.01. The summed E-state index contributed by atoms with van der Waals surface area (Å²) in [6.07, 6.45) is 0.124. The van der Waals surface area contributed by atoms with E-state index in [-0.39, 0.29) is 13.0 Å². The van der Waals surface area contributed by atoms with E-state index in [0.717, 1.165) is 5.56 Å². The molecule has 1 unspecified atom stereocenters. The van der Waals surface area contributed by atoms with Crippen molar-refractivity contribution in [3.63, 3.8) is 0 Å². The van der Waals surface area contributed by atoms with E-state index in [0.29, 0.717) is 11.5 Å². The lowest BCUT2D eigenvalue weighted by Crippen LogP contribution is -2.45. The molecule has 1 aliphatic heterocycles. The van der Waals surface area contributed by atoms with Crippen LogP contribution >= 0.6 is 0 Å². The van der Waals surface area contributed by atoms with Crippen LogP contribution in [0.25, 0.3) is 0 Å². The number of nitrogens with two attached hydrogens (primary N) is 1. The molecule has 96 valence electrons. The highest BCUT2D eigenvalue weighted by atomic mass is 16.7. The largest absolute Gasteiger partial charge is 0.496 e. The lowest BCUT2D eigenvalue weighted by Gasteiger charge is -2.18. The van der Waals surface area contributed by atoms with Crippen molar-refractivity contribution in [3.05, 3.63) is 29.8 Å². The molecular formula is C12H14N2O4. The summed E-state index contributed by atoms with van der Waals surface area (Å²) in [5.41, 5.74) is 5.26. The van der Waals surface area contributed by atoms with Gasteiger partial charge in [0.25, 0.3) is 5.60 Å². The Morgan fingerprint density at radius 1 is 1.61 bits per heavy atom. The van der Waals surface area contributed by atoms with E-state index in [9.17, 15) is 4.79 Å². The minimum absolute atomic E-state index is 0.124. The summed E-state index contributed by atoms with van der Waals surface area (Å²) in [4.78, 5) is 16.2. The number of aliphatic carboxylic acids is 1. The average molecular weight is 250 g/mol. The molecule has 3 N–H and O–H groups in total. The minimum Gasteiger partial charge on any atom is -0.496 e. The number of carbonyl (C=O) groups is 1. The van der Waals surface area contributed by atoms with Crippen molar-refractivity contribution in [1.82, 2.24) is 0 Å². The number of hydrogen-bond donors (Lipinski definition) is 2. The summed E-state index contributed by atoms with van der Waals surface area (Å²) in [6.45, 7) is -0.134. The molecular weight excluding hydrogens is 236 g/mol. The number of oxime groups is 1. The van der Waals surface area contributed by atoms with Gasteiger partial charge in [0.15, 0.2) is 0 Å². The molecule has 6 nitrogen and oxygen atoms in total. The Morgan fingerprint density at radius 2 is 2.33 bits per heavy atom. The van der Waals surface area contributed by atoms with Crippen LogP contribution in [-0.2, 0) is 9.63 Å². The predicted octanol–water partition coefficient (Wildman–Crippen LogP) is 0.602. The smallest absolute Gasteiger partial charge is 0.352 e. The lowest BCUT2D eigenvalue weighted by molar-refractivity contribution is -0.161. The molecule has 6 heteroatoms. The second kappa shape index (κ2) is 4.66. The minimum atomic E-state index is -1.46. The van der Waals surface area contributed by atoms with E-state index in [1.54, 1.807) is 19.2 Å². The number of carboxylic acid groups (broad SMARTS) is 1. The van der Waals surface area contributed by atoms with Crippen LogP contribution in [0, 0.1) is 0 Å². The van der Waals surface area contributed by atoms with E-state index in [2.05, 4.69) is 5.16 Å². The van der Waals surface area contributed by atoms with E-state index in [1.165, 1.54) is 0 Å². The highest BCUT2D eigenvalue weighted by Gasteiger charge is 2.46. The van der Waals surface area contributed by atoms with Crippen molar-refractivity contribution in [3.8, 4) is 5.75 Å². The maximum atomic E-state index is 11.2. The fourth-order valence-electron chi connectivity index (χ4n) is 1.82. The number of rotatable bonds is 4. The molecule has 0 bridgehead atoms. The molecule has 0 aliphatic carbocycles. The molecule has 0 amide bonds. The maximum Gasteiger partial charge on any atom is 0.352 e. The predicted molar refractivity (Wildman–Crippen MR) is 64.7 cm³/mol. The molecule has 0 spiro atoms. The van der Waals surface area contributed by atoms with Crippen LogP contribution in [0.1, 0.15) is 12.0 Å². The third-order valence-corrected chi connectivity index (χ3v) is 2.92. The van der Waals surface area contributed by atoms with Crippen molar-refractivity contribution in [2.24, 2.45) is 10.9 Å². The fraction of sp³-hybridized carbons (Fsp3) is 0.333. The standard InChI is InChI=1S/C12H14N2O4/c1-17-10-5-3-2-4-8(10)9-6-12(7-13,11(15)16)18-14-9/h2-5H,6-7,13H2,1H3,(H,15,16). The van der Waals surface area contributed by atoms with Gasteiger partial charge in [0.2, 0.25) is 0 Å². The highest BCUT2D eigenvalue weighted by molar-refractivity contribution is 6.06. The fourth-order valence-corrected chi connectivity index (χ4v) is 1.82. The number of carboxylic acids is 1. The molecule has 0 fully saturated rings. The van der Waals surface area contributed by atoms with Crippen LogP contribution in [0.15, 0.2) is 29.4 Å². The third-order valence-electron chi connectivity index (χ3n) is 2.92. The first kappa shape index (κ1) is 12.4. The van der Waals surface area contributed by atoms with Crippen LogP contribution in [0.3, 0.4) is 0 Å². The number of para-hydroxylation sites is 1. The summed E-state index contributed by atoms with van der Waals surface area (Å²) >= 11 is 0. The monoisotopic (exact) mass is 250 g/mol. The zero-order valence-electron chi connectivity index (χ0n) is 9.92. The number of methoxy groups -OCH3 is 1. The van der Waals surface area contributed by atoms with Crippen molar-refractivity contribution >= 4 is 11.7 Å². The SMILES string of the molecule is COc1ccccc1C1=NOC(CN)(C(=O)O)C1. The van der Waals surface area contributed by atoms with Gasteiger partial charge in [-0.25, -0.2) is 4.79 Å². The molecule has 0 saturated carbocycles. The zero-order chi connectivity index (χ0) is 13.2. The molecule has 18 heavy (non-hydrogen) atoms. The van der Waals surface area contributed by atoms with Gasteiger partial charge in [-0.05, 0) is 12.1 Å². The topological polar surface area (TPSA) is 94.1 Å². The number of hydrogen-bond acceptors (Lipinski definition) is 5. The lowest BCUT2D eigenvalue weighted by atomic mass is 9.94. The maximum absolute atomic E-state index is 11.2. The average Bonchev–Trinajstić information content (AvgIpc) is 2.84. The van der Waals surface area contributed by atoms with Crippen LogP contribution in [0.2, 0.25) is 0 Å². The molecule has 1 heterocycles. The number of nitrogens with zero attached hydrogens (tertiary/aromatic N) is 1. The Labute approximate surface area is 104 Å². The molecule has 1 atom stereocenters. The Morgan fingerprint density at radius 3 is 2.89 bits per heavy atom. The van der Waals surface area contributed by atoms with Crippen LogP contribution in [0.4, 0.5) is 0 Å².